The Labute approximate surface area is 117 Å². The molecule has 2 unspecified atom stereocenters. The standard InChI is InChI=1S/C15H29N3O/c1-3-8-17(2)11-13-6-9-18(12-13)15(19)10-14-5-4-7-16-14/h13-14,16H,3-12H2,1-2H3. The molecule has 2 fully saturated rings. The summed E-state index contributed by atoms with van der Waals surface area (Å²) in [6, 6.07) is 0.439. The highest BCUT2D eigenvalue weighted by atomic mass is 16.2. The number of hydrogen-bond donors (Lipinski definition) is 1. The maximum Gasteiger partial charge on any atom is 0.224 e. The minimum atomic E-state index is 0.361. The highest BCUT2D eigenvalue weighted by Crippen LogP contribution is 2.19. The summed E-state index contributed by atoms with van der Waals surface area (Å²) in [4.78, 5) is 16.7. The van der Waals surface area contributed by atoms with Gasteiger partial charge in [0, 0.05) is 32.1 Å². The molecule has 0 aromatic carbocycles. The number of rotatable bonds is 6. The van der Waals surface area contributed by atoms with Gasteiger partial charge in [-0.05, 0) is 51.7 Å². The van der Waals surface area contributed by atoms with E-state index in [0.29, 0.717) is 24.3 Å². The van der Waals surface area contributed by atoms with Crippen LogP contribution in [0.3, 0.4) is 0 Å². The molecule has 2 saturated heterocycles. The molecule has 0 bridgehead atoms. The first kappa shape index (κ1) is 14.8. The lowest BCUT2D eigenvalue weighted by Crippen LogP contribution is -2.35. The molecule has 0 aliphatic carbocycles. The third-order valence-corrected chi connectivity index (χ3v) is 4.40. The lowest BCUT2D eigenvalue weighted by Gasteiger charge is -2.22. The minimum Gasteiger partial charge on any atom is -0.342 e. The number of carbonyl (C=O) groups is 1. The molecule has 2 heterocycles. The number of hydrogen-bond acceptors (Lipinski definition) is 3. The van der Waals surface area contributed by atoms with E-state index in [0.717, 1.165) is 32.7 Å². The highest BCUT2D eigenvalue weighted by molar-refractivity contribution is 5.77. The molecule has 0 radical (unpaired) electrons. The van der Waals surface area contributed by atoms with Crippen LogP contribution in [0.2, 0.25) is 0 Å². The van der Waals surface area contributed by atoms with Crippen LogP contribution < -0.4 is 5.32 Å². The molecule has 0 spiro atoms. The molecule has 4 nitrogen and oxygen atoms in total. The Hall–Kier alpha value is -0.610. The first-order valence-corrected chi connectivity index (χ1v) is 7.88. The van der Waals surface area contributed by atoms with E-state index >= 15 is 0 Å². The van der Waals surface area contributed by atoms with Gasteiger partial charge in [0.15, 0.2) is 0 Å². The Morgan fingerprint density at radius 1 is 1.42 bits per heavy atom. The molecule has 0 aromatic rings. The minimum absolute atomic E-state index is 0.361. The summed E-state index contributed by atoms with van der Waals surface area (Å²) in [6.07, 6.45) is 5.49. The van der Waals surface area contributed by atoms with Crippen LogP contribution >= 0.6 is 0 Å². The second kappa shape index (κ2) is 7.25. The fraction of sp³-hybridized carbons (Fsp3) is 0.933. The number of likely N-dealkylation sites (tertiary alicyclic amines) is 1. The van der Waals surface area contributed by atoms with Crippen molar-refractivity contribution in [3.8, 4) is 0 Å². The Morgan fingerprint density at radius 3 is 2.95 bits per heavy atom. The van der Waals surface area contributed by atoms with E-state index in [1.807, 2.05) is 0 Å². The largest absolute Gasteiger partial charge is 0.342 e. The predicted molar refractivity (Wildman–Crippen MR) is 78.1 cm³/mol. The van der Waals surface area contributed by atoms with E-state index in [-0.39, 0.29) is 0 Å². The Kier molecular flexibility index (Phi) is 5.64. The average molecular weight is 267 g/mol. The van der Waals surface area contributed by atoms with Gasteiger partial charge in [-0.15, -0.1) is 0 Å². The second-order valence-corrected chi connectivity index (χ2v) is 6.25. The van der Waals surface area contributed by atoms with Gasteiger partial charge in [-0.1, -0.05) is 6.92 Å². The molecule has 0 aromatic heterocycles. The summed E-state index contributed by atoms with van der Waals surface area (Å²) >= 11 is 0. The maximum atomic E-state index is 12.2. The lowest BCUT2D eigenvalue weighted by molar-refractivity contribution is -0.130. The maximum absolute atomic E-state index is 12.2. The monoisotopic (exact) mass is 267 g/mol. The van der Waals surface area contributed by atoms with E-state index in [1.54, 1.807) is 0 Å². The van der Waals surface area contributed by atoms with Crippen LogP contribution in [0.1, 0.15) is 39.0 Å². The van der Waals surface area contributed by atoms with Crippen molar-refractivity contribution in [3.05, 3.63) is 0 Å². The Balaban J connectivity index is 1.70. The number of carbonyl (C=O) groups excluding carboxylic acids is 1. The van der Waals surface area contributed by atoms with Crippen LogP contribution in [0.15, 0.2) is 0 Å². The van der Waals surface area contributed by atoms with Crippen molar-refractivity contribution in [2.75, 3.05) is 39.8 Å². The Bertz CT molecular complexity index is 289. The fourth-order valence-electron chi connectivity index (χ4n) is 3.39. The molecule has 0 saturated carbocycles. The second-order valence-electron chi connectivity index (χ2n) is 6.25. The molecule has 2 rings (SSSR count). The van der Waals surface area contributed by atoms with Crippen LogP contribution in [-0.2, 0) is 4.79 Å². The Morgan fingerprint density at radius 2 is 2.26 bits per heavy atom. The summed E-state index contributed by atoms with van der Waals surface area (Å²) in [5.41, 5.74) is 0. The first-order chi connectivity index (χ1) is 9.19. The van der Waals surface area contributed by atoms with Crippen molar-refractivity contribution in [1.82, 2.24) is 15.1 Å². The SMILES string of the molecule is CCCN(C)CC1CCN(C(=O)CC2CCCN2)C1. The zero-order chi connectivity index (χ0) is 13.7. The average Bonchev–Trinajstić information content (AvgIpc) is 3.00. The molecular weight excluding hydrogens is 238 g/mol. The van der Waals surface area contributed by atoms with Gasteiger partial charge >= 0.3 is 0 Å². The molecule has 2 aliphatic heterocycles. The van der Waals surface area contributed by atoms with Crippen LogP contribution in [0, 0.1) is 5.92 Å². The zero-order valence-corrected chi connectivity index (χ0v) is 12.5. The zero-order valence-electron chi connectivity index (χ0n) is 12.5. The topological polar surface area (TPSA) is 35.6 Å². The van der Waals surface area contributed by atoms with E-state index in [2.05, 4.69) is 29.1 Å². The fourth-order valence-corrected chi connectivity index (χ4v) is 3.39. The third-order valence-electron chi connectivity index (χ3n) is 4.40. The normalized spacial score (nSPS) is 27.4. The van der Waals surface area contributed by atoms with Crippen LogP contribution in [0.5, 0.6) is 0 Å². The van der Waals surface area contributed by atoms with Crippen molar-refractivity contribution in [3.63, 3.8) is 0 Å². The van der Waals surface area contributed by atoms with Crippen LogP contribution in [0.4, 0.5) is 0 Å². The molecule has 1 amide bonds. The van der Waals surface area contributed by atoms with Crippen molar-refractivity contribution in [1.29, 1.82) is 0 Å². The van der Waals surface area contributed by atoms with E-state index in [1.165, 1.54) is 25.7 Å². The lowest BCUT2D eigenvalue weighted by atomic mass is 10.1. The van der Waals surface area contributed by atoms with Gasteiger partial charge in [-0.3, -0.25) is 4.79 Å². The highest BCUT2D eigenvalue weighted by Gasteiger charge is 2.28. The smallest absolute Gasteiger partial charge is 0.224 e. The van der Waals surface area contributed by atoms with Gasteiger partial charge in [-0.25, -0.2) is 0 Å². The summed E-state index contributed by atoms with van der Waals surface area (Å²) in [5.74, 6) is 1.04. The quantitative estimate of drug-likeness (QED) is 0.788. The predicted octanol–water partition coefficient (Wildman–Crippen LogP) is 1.32. The molecule has 110 valence electrons. The summed E-state index contributed by atoms with van der Waals surface area (Å²) < 4.78 is 0. The molecule has 2 aliphatic rings. The molecule has 4 heteroatoms. The molecule has 2 atom stereocenters. The van der Waals surface area contributed by atoms with Crippen LogP contribution in [0.25, 0.3) is 0 Å². The number of nitrogens with one attached hydrogen (secondary N) is 1. The van der Waals surface area contributed by atoms with Gasteiger partial charge in [-0.2, -0.15) is 0 Å². The summed E-state index contributed by atoms with van der Waals surface area (Å²) in [5, 5.41) is 3.42. The van der Waals surface area contributed by atoms with Gasteiger partial charge in [0.25, 0.3) is 0 Å². The van der Waals surface area contributed by atoms with Gasteiger partial charge < -0.3 is 15.1 Å². The van der Waals surface area contributed by atoms with Gasteiger partial charge in [0.2, 0.25) is 5.91 Å². The number of nitrogens with zero attached hydrogens (tertiary/aromatic N) is 2. The molecule has 19 heavy (non-hydrogen) atoms. The molecule has 1 N–H and O–H groups in total. The van der Waals surface area contributed by atoms with Gasteiger partial charge in [0.05, 0.1) is 0 Å². The van der Waals surface area contributed by atoms with Crippen LogP contribution in [-0.4, -0.2) is 61.5 Å². The van der Waals surface area contributed by atoms with Crippen molar-refractivity contribution < 1.29 is 4.79 Å². The first-order valence-electron chi connectivity index (χ1n) is 7.88. The van der Waals surface area contributed by atoms with Gasteiger partial charge in [0.1, 0.15) is 0 Å². The van der Waals surface area contributed by atoms with Crippen molar-refractivity contribution >= 4 is 5.91 Å². The molecular formula is C15H29N3O. The van der Waals surface area contributed by atoms with E-state index < -0.39 is 0 Å². The van der Waals surface area contributed by atoms with Crippen molar-refractivity contribution in [2.45, 2.75) is 45.1 Å². The summed E-state index contributed by atoms with van der Waals surface area (Å²) in [7, 11) is 2.19. The third kappa shape index (κ3) is 4.46. The number of amides is 1. The van der Waals surface area contributed by atoms with Crippen molar-refractivity contribution in [2.24, 2.45) is 5.92 Å². The van der Waals surface area contributed by atoms with E-state index in [9.17, 15) is 4.79 Å². The summed E-state index contributed by atoms with van der Waals surface area (Å²) in [6.45, 7) is 7.55. The van der Waals surface area contributed by atoms with E-state index in [4.69, 9.17) is 0 Å².